The fourth-order valence-corrected chi connectivity index (χ4v) is 1.42. The summed E-state index contributed by atoms with van der Waals surface area (Å²) >= 11 is 0. The van der Waals surface area contributed by atoms with Gasteiger partial charge in [-0.3, -0.25) is 9.78 Å². The van der Waals surface area contributed by atoms with Crippen LogP contribution < -0.4 is 10.5 Å². The van der Waals surface area contributed by atoms with Crippen molar-refractivity contribution in [2.45, 2.75) is 13.0 Å². The van der Waals surface area contributed by atoms with Crippen LogP contribution in [0.2, 0.25) is 0 Å². The summed E-state index contributed by atoms with van der Waals surface area (Å²) in [4.78, 5) is 15.1. The van der Waals surface area contributed by atoms with Crippen LogP contribution in [0, 0.1) is 0 Å². The largest absolute Gasteiger partial charge is 0.479 e. The number of benzene rings is 1. The number of rotatable bonds is 3. The molecular formula is C12H12N2O2. The number of carbonyl (C=O) groups is 1. The van der Waals surface area contributed by atoms with Gasteiger partial charge < -0.3 is 10.5 Å². The lowest BCUT2D eigenvalue weighted by atomic mass is 10.2. The van der Waals surface area contributed by atoms with Crippen molar-refractivity contribution >= 4 is 16.8 Å². The number of nitrogens with zero attached hydrogens (tertiary/aromatic N) is 1. The molecule has 0 fully saturated rings. The van der Waals surface area contributed by atoms with Gasteiger partial charge in [0, 0.05) is 11.6 Å². The van der Waals surface area contributed by atoms with Crippen molar-refractivity contribution in [1.29, 1.82) is 0 Å². The van der Waals surface area contributed by atoms with Crippen LogP contribution in [0.25, 0.3) is 10.9 Å². The average molecular weight is 216 g/mol. The standard InChI is InChI=1S/C12H12N2O2/c1-8(12(13)15)16-10-6-2-4-9-5-3-7-14-11(9)10/h2-8H,1H3,(H2,13,15)/t8-/m0/s1. The third kappa shape index (κ3) is 1.95. The second-order valence-electron chi connectivity index (χ2n) is 3.49. The molecule has 4 nitrogen and oxygen atoms in total. The second-order valence-corrected chi connectivity index (χ2v) is 3.49. The van der Waals surface area contributed by atoms with Gasteiger partial charge >= 0.3 is 0 Å². The van der Waals surface area contributed by atoms with Crippen molar-refractivity contribution in [3.05, 3.63) is 36.5 Å². The van der Waals surface area contributed by atoms with Crippen molar-refractivity contribution in [1.82, 2.24) is 4.98 Å². The number of fused-ring (bicyclic) bond motifs is 1. The third-order valence-corrected chi connectivity index (χ3v) is 2.30. The van der Waals surface area contributed by atoms with Crippen molar-refractivity contribution in [2.75, 3.05) is 0 Å². The third-order valence-electron chi connectivity index (χ3n) is 2.30. The first kappa shape index (κ1) is 10.4. The monoisotopic (exact) mass is 216 g/mol. The zero-order chi connectivity index (χ0) is 11.5. The van der Waals surface area contributed by atoms with E-state index in [1.807, 2.05) is 24.3 Å². The Labute approximate surface area is 93.0 Å². The Kier molecular flexibility index (Phi) is 2.72. The highest BCUT2D eigenvalue weighted by atomic mass is 16.5. The Morgan fingerprint density at radius 3 is 2.88 bits per heavy atom. The number of amides is 1. The average Bonchev–Trinajstić information content (AvgIpc) is 2.29. The fourth-order valence-electron chi connectivity index (χ4n) is 1.42. The van der Waals surface area contributed by atoms with Crippen LogP contribution in [-0.4, -0.2) is 17.0 Å². The number of hydrogen-bond acceptors (Lipinski definition) is 3. The predicted octanol–water partition coefficient (Wildman–Crippen LogP) is 1.49. The van der Waals surface area contributed by atoms with Crippen LogP contribution in [-0.2, 0) is 4.79 Å². The molecule has 0 saturated carbocycles. The van der Waals surface area contributed by atoms with Crippen molar-refractivity contribution in [3.63, 3.8) is 0 Å². The highest BCUT2D eigenvalue weighted by molar-refractivity contribution is 5.85. The van der Waals surface area contributed by atoms with E-state index in [0.29, 0.717) is 5.75 Å². The van der Waals surface area contributed by atoms with Gasteiger partial charge in [0.15, 0.2) is 6.10 Å². The molecule has 1 aromatic heterocycles. The minimum atomic E-state index is -0.660. The molecule has 2 aromatic rings. The molecule has 1 aromatic carbocycles. The van der Waals surface area contributed by atoms with E-state index in [9.17, 15) is 4.79 Å². The number of pyridine rings is 1. The first-order chi connectivity index (χ1) is 7.68. The van der Waals surface area contributed by atoms with E-state index in [2.05, 4.69) is 4.98 Å². The first-order valence-electron chi connectivity index (χ1n) is 4.98. The number of primary amides is 1. The van der Waals surface area contributed by atoms with Crippen LogP contribution in [0.4, 0.5) is 0 Å². The molecule has 0 radical (unpaired) electrons. The minimum Gasteiger partial charge on any atom is -0.479 e. The number of aromatic nitrogens is 1. The van der Waals surface area contributed by atoms with Crippen LogP contribution in [0.15, 0.2) is 36.5 Å². The summed E-state index contributed by atoms with van der Waals surface area (Å²) in [6.45, 7) is 1.62. The summed E-state index contributed by atoms with van der Waals surface area (Å²) < 4.78 is 5.45. The van der Waals surface area contributed by atoms with E-state index >= 15 is 0 Å². The summed E-state index contributed by atoms with van der Waals surface area (Å²) in [7, 11) is 0. The van der Waals surface area contributed by atoms with Crippen LogP contribution >= 0.6 is 0 Å². The lowest BCUT2D eigenvalue weighted by Gasteiger charge is -2.12. The lowest BCUT2D eigenvalue weighted by molar-refractivity contribution is -0.123. The van der Waals surface area contributed by atoms with Crippen LogP contribution in [0.1, 0.15) is 6.92 Å². The van der Waals surface area contributed by atoms with E-state index in [4.69, 9.17) is 10.5 Å². The summed E-state index contributed by atoms with van der Waals surface area (Å²) in [6, 6.07) is 9.35. The highest BCUT2D eigenvalue weighted by Crippen LogP contribution is 2.23. The lowest BCUT2D eigenvalue weighted by Crippen LogP contribution is -2.30. The van der Waals surface area contributed by atoms with Crippen molar-refractivity contribution < 1.29 is 9.53 Å². The molecule has 0 unspecified atom stereocenters. The zero-order valence-corrected chi connectivity index (χ0v) is 8.88. The summed E-state index contributed by atoms with van der Waals surface area (Å²) in [5.74, 6) is 0.0809. The van der Waals surface area contributed by atoms with Gasteiger partial charge in [-0.05, 0) is 19.1 Å². The van der Waals surface area contributed by atoms with Gasteiger partial charge in [-0.1, -0.05) is 18.2 Å². The molecule has 0 aliphatic rings. The molecule has 0 bridgehead atoms. The molecule has 0 aliphatic carbocycles. The molecule has 16 heavy (non-hydrogen) atoms. The smallest absolute Gasteiger partial charge is 0.258 e. The molecule has 0 spiro atoms. The van der Waals surface area contributed by atoms with Crippen molar-refractivity contribution in [2.24, 2.45) is 5.73 Å². The molecule has 4 heteroatoms. The van der Waals surface area contributed by atoms with Gasteiger partial charge in [-0.15, -0.1) is 0 Å². The van der Waals surface area contributed by atoms with Gasteiger partial charge in [0.1, 0.15) is 11.3 Å². The van der Waals surface area contributed by atoms with E-state index in [-0.39, 0.29) is 0 Å². The topological polar surface area (TPSA) is 65.2 Å². The SMILES string of the molecule is C[C@H](Oc1cccc2cccnc12)C(N)=O. The molecule has 2 rings (SSSR count). The van der Waals surface area contributed by atoms with E-state index in [0.717, 1.165) is 10.9 Å². The van der Waals surface area contributed by atoms with Gasteiger partial charge in [-0.25, -0.2) is 0 Å². The maximum Gasteiger partial charge on any atom is 0.258 e. The Bertz CT molecular complexity index is 520. The normalized spacial score (nSPS) is 12.3. The summed E-state index contributed by atoms with van der Waals surface area (Å²) in [6.07, 6.45) is 1.03. The van der Waals surface area contributed by atoms with Crippen LogP contribution in [0.3, 0.4) is 0 Å². The fraction of sp³-hybridized carbons (Fsp3) is 0.167. The van der Waals surface area contributed by atoms with Gasteiger partial charge in [0.25, 0.3) is 5.91 Å². The molecule has 0 saturated heterocycles. The Balaban J connectivity index is 2.41. The van der Waals surface area contributed by atoms with E-state index < -0.39 is 12.0 Å². The Morgan fingerprint density at radius 1 is 1.38 bits per heavy atom. The van der Waals surface area contributed by atoms with Gasteiger partial charge in [0.05, 0.1) is 0 Å². The number of hydrogen-bond donors (Lipinski definition) is 1. The van der Waals surface area contributed by atoms with E-state index in [1.165, 1.54) is 0 Å². The molecular weight excluding hydrogens is 204 g/mol. The Morgan fingerprint density at radius 2 is 2.12 bits per heavy atom. The maximum absolute atomic E-state index is 10.9. The van der Waals surface area contributed by atoms with Crippen LogP contribution in [0.5, 0.6) is 5.75 Å². The molecule has 1 atom stereocenters. The molecule has 0 aliphatic heterocycles. The second kappa shape index (κ2) is 4.18. The Hall–Kier alpha value is -2.10. The molecule has 2 N–H and O–H groups in total. The highest BCUT2D eigenvalue weighted by Gasteiger charge is 2.12. The number of carbonyl (C=O) groups excluding carboxylic acids is 1. The predicted molar refractivity (Wildman–Crippen MR) is 61.0 cm³/mol. The number of para-hydroxylation sites is 1. The number of ether oxygens (including phenoxy) is 1. The van der Waals surface area contributed by atoms with E-state index in [1.54, 1.807) is 19.2 Å². The quantitative estimate of drug-likeness (QED) is 0.845. The number of nitrogens with two attached hydrogens (primary N) is 1. The summed E-state index contributed by atoms with van der Waals surface area (Å²) in [5, 5.41) is 0.969. The maximum atomic E-state index is 10.9. The molecule has 82 valence electrons. The first-order valence-corrected chi connectivity index (χ1v) is 4.98. The van der Waals surface area contributed by atoms with Gasteiger partial charge in [-0.2, -0.15) is 0 Å². The van der Waals surface area contributed by atoms with Gasteiger partial charge in [0.2, 0.25) is 0 Å². The molecule has 1 heterocycles. The van der Waals surface area contributed by atoms with Crippen molar-refractivity contribution in [3.8, 4) is 5.75 Å². The summed E-state index contributed by atoms with van der Waals surface area (Å²) in [5.41, 5.74) is 5.88. The molecule has 1 amide bonds. The minimum absolute atomic E-state index is 0.493. The zero-order valence-electron chi connectivity index (χ0n) is 8.88.